The molecule has 152 valence electrons. The number of nitrogens with one attached hydrogen (secondary N) is 1. The van der Waals surface area contributed by atoms with Crippen LogP contribution in [-0.4, -0.2) is 35.2 Å². The van der Waals surface area contributed by atoms with Crippen LogP contribution in [0.25, 0.3) is 33.2 Å². The van der Waals surface area contributed by atoms with Crippen LogP contribution >= 0.6 is 0 Å². The van der Waals surface area contributed by atoms with E-state index in [1.54, 1.807) is 55.5 Å². The lowest BCUT2D eigenvalue weighted by Crippen LogP contribution is -2.21. The van der Waals surface area contributed by atoms with Crippen LogP contribution in [0.5, 0.6) is 5.75 Å². The molecule has 30 heavy (non-hydrogen) atoms. The summed E-state index contributed by atoms with van der Waals surface area (Å²) >= 11 is 0. The summed E-state index contributed by atoms with van der Waals surface area (Å²) in [7, 11) is 0. The largest absolute Gasteiger partial charge is 0.481 e. The third-order valence-corrected chi connectivity index (χ3v) is 4.53. The van der Waals surface area contributed by atoms with Crippen LogP contribution in [0.2, 0.25) is 0 Å². The van der Waals surface area contributed by atoms with E-state index in [1.807, 2.05) is 0 Å². The van der Waals surface area contributed by atoms with Crippen molar-refractivity contribution in [2.75, 3.05) is 13.2 Å². The number of carboxylic acids is 1. The maximum absolute atomic E-state index is 12.9. The number of esters is 1. The minimum absolute atomic E-state index is 0.0764. The molecule has 2 aromatic heterocycles. The number of hydrogen-bond donors (Lipinski definition) is 2. The van der Waals surface area contributed by atoms with E-state index in [0.717, 1.165) is 0 Å². The molecular weight excluding hydrogens is 390 g/mol. The van der Waals surface area contributed by atoms with Crippen molar-refractivity contribution in [2.24, 2.45) is 0 Å². The van der Waals surface area contributed by atoms with Gasteiger partial charge in [-0.3, -0.25) is 4.79 Å². The maximum atomic E-state index is 12.9. The molecule has 0 radical (unpaired) electrons. The lowest BCUT2D eigenvalue weighted by molar-refractivity contribution is -0.139. The van der Waals surface area contributed by atoms with Gasteiger partial charge in [-0.05, 0) is 25.1 Å². The number of carbonyl (C=O) groups excluding carboxylic acids is 1. The highest BCUT2D eigenvalue weighted by molar-refractivity contribution is 6.12. The Balaban J connectivity index is 2.09. The first-order valence-corrected chi connectivity index (χ1v) is 9.20. The molecular formula is C22H17NO7. The molecule has 2 heterocycles. The Hall–Kier alpha value is -4.07. The van der Waals surface area contributed by atoms with Gasteiger partial charge in [0.1, 0.15) is 16.9 Å². The third kappa shape index (κ3) is 3.28. The third-order valence-electron chi connectivity index (χ3n) is 4.53. The topological polar surface area (TPSA) is 119 Å². The highest BCUT2D eigenvalue weighted by Crippen LogP contribution is 2.39. The van der Waals surface area contributed by atoms with E-state index in [-0.39, 0.29) is 29.1 Å². The highest BCUT2D eigenvalue weighted by Gasteiger charge is 2.27. The predicted molar refractivity (Wildman–Crippen MR) is 109 cm³/mol. The molecule has 0 bridgehead atoms. The Labute approximate surface area is 169 Å². The smallest absolute Gasteiger partial charge is 0.344 e. The van der Waals surface area contributed by atoms with Crippen LogP contribution in [0, 0.1) is 0 Å². The second kappa shape index (κ2) is 7.75. The maximum Gasteiger partial charge on any atom is 0.344 e. The second-order valence-corrected chi connectivity index (χ2v) is 6.41. The summed E-state index contributed by atoms with van der Waals surface area (Å²) in [6.07, 6.45) is 0. The number of carbonyl (C=O) groups is 2. The fraction of sp³-hybridized carbons (Fsp3) is 0.136. The Morgan fingerprint density at radius 3 is 2.60 bits per heavy atom. The Bertz CT molecular complexity index is 1330. The Kier molecular flexibility index (Phi) is 4.97. The van der Waals surface area contributed by atoms with Gasteiger partial charge < -0.3 is 24.0 Å². The molecule has 0 amide bonds. The van der Waals surface area contributed by atoms with Gasteiger partial charge in [-0.2, -0.15) is 0 Å². The van der Waals surface area contributed by atoms with E-state index in [4.69, 9.17) is 19.0 Å². The van der Waals surface area contributed by atoms with Gasteiger partial charge in [0.2, 0.25) is 0 Å². The molecule has 4 rings (SSSR count). The summed E-state index contributed by atoms with van der Waals surface area (Å²) in [6.45, 7) is 1.13. The number of aromatic nitrogens is 1. The molecule has 0 unspecified atom stereocenters. The lowest BCUT2D eigenvalue weighted by atomic mass is 9.98. The summed E-state index contributed by atoms with van der Waals surface area (Å²) in [5.74, 6) is -1.78. The summed E-state index contributed by atoms with van der Waals surface area (Å²) < 4.78 is 16.5. The molecule has 0 aliphatic carbocycles. The normalized spacial score (nSPS) is 11.0. The predicted octanol–water partition coefficient (Wildman–Crippen LogP) is 3.58. The summed E-state index contributed by atoms with van der Waals surface area (Å²) in [6, 6.07) is 13.7. The van der Waals surface area contributed by atoms with Crippen molar-refractivity contribution < 1.29 is 28.6 Å². The van der Waals surface area contributed by atoms with Gasteiger partial charge >= 0.3 is 11.9 Å². The molecule has 8 nitrogen and oxygen atoms in total. The Morgan fingerprint density at radius 1 is 1.10 bits per heavy atom. The average molecular weight is 407 g/mol. The summed E-state index contributed by atoms with van der Waals surface area (Å²) in [5, 5.41) is 9.66. The number of aliphatic carboxylic acids is 1. The number of benzene rings is 2. The first-order valence-electron chi connectivity index (χ1n) is 9.20. The molecule has 8 heteroatoms. The van der Waals surface area contributed by atoms with Crippen molar-refractivity contribution in [3.8, 4) is 16.9 Å². The SMILES string of the molecule is CCOC(=O)c1c(-c2ccccc2OCC(=O)O)c2oc3ccccc3c2[nH]c1=O. The highest BCUT2D eigenvalue weighted by atomic mass is 16.5. The van der Waals surface area contributed by atoms with E-state index >= 15 is 0 Å². The quantitative estimate of drug-likeness (QED) is 0.469. The Morgan fingerprint density at radius 2 is 1.83 bits per heavy atom. The van der Waals surface area contributed by atoms with Gasteiger partial charge in [-0.1, -0.05) is 30.3 Å². The van der Waals surface area contributed by atoms with E-state index in [9.17, 15) is 14.4 Å². The first-order chi connectivity index (χ1) is 14.5. The molecule has 0 aliphatic rings. The fourth-order valence-electron chi connectivity index (χ4n) is 3.34. The number of ether oxygens (including phenoxy) is 2. The molecule has 2 aromatic carbocycles. The number of para-hydroxylation sites is 2. The molecule has 4 aromatic rings. The van der Waals surface area contributed by atoms with Crippen molar-refractivity contribution in [2.45, 2.75) is 6.92 Å². The number of rotatable bonds is 6. The lowest BCUT2D eigenvalue weighted by Gasteiger charge is -2.13. The zero-order chi connectivity index (χ0) is 21.3. The number of pyridine rings is 1. The number of hydrogen-bond acceptors (Lipinski definition) is 6. The van der Waals surface area contributed by atoms with Gasteiger partial charge in [0, 0.05) is 10.9 Å². The number of furan rings is 1. The van der Waals surface area contributed by atoms with Gasteiger partial charge in [-0.15, -0.1) is 0 Å². The standard InChI is InChI=1S/C22H17NO7/c1-2-28-22(27)18-17(12-7-3-5-9-14(12)29-11-16(24)25)20-19(23-21(18)26)13-8-4-6-10-15(13)30-20/h3-10H,2,11H2,1H3,(H,23,26)(H,24,25). The van der Waals surface area contributed by atoms with Gasteiger partial charge in [0.05, 0.1) is 17.7 Å². The molecule has 0 saturated heterocycles. The number of fused-ring (bicyclic) bond motifs is 3. The zero-order valence-corrected chi connectivity index (χ0v) is 15.9. The van der Waals surface area contributed by atoms with Crippen LogP contribution < -0.4 is 10.3 Å². The molecule has 0 fully saturated rings. The second-order valence-electron chi connectivity index (χ2n) is 6.41. The van der Waals surface area contributed by atoms with Crippen LogP contribution in [0.3, 0.4) is 0 Å². The number of carboxylic acid groups (broad SMARTS) is 1. The average Bonchev–Trinajstić information content (AvgIpc) is 3.10. The summed E-state index contributed by atoms with van der Waals surface area (Å²) in [5.41, 5.74) is 0.859. The molecule has 0 aliphatic heterocycles. The van der Waals surface area contributed by atoms with Crippen LogP contribution in [0.4, 0.5) is 0 Å². The van der Waals surface area contributed by atoms with E-state index < -0.39 is 24.1 Å². The number of aromatic amines is 1. The summed E-state index contributed by atoms with van der Waals surface area (Å²) in [4.78, 5) is 39.3. The van der Waals surface area contributed by atoms with Crippen molar-refractivity contribution >= 4 is 34.0 Å². The minimum atomic E-state index is -1.16. The minimum Gasteiger partial charge on any atom is -0.481 e. The first kappa shape index (κ1) is 19.3. The van der Waals surface area contributed by atoms with Gasteiger partial charge in [0.15, 0.2) is 12.2 Å². The molecule has 2 N–H and O–H groups in total. The van der Waals surface area contributed by atoms with Crippen molar-refractivity contribution in [1.29, 1.82) is 0 Å². The van der Waals surface area contributed by atoms with Crippen LogP contribution in [0.15, 0.2) is 57.7 Å². The molecule has 0 saturated carbocycles. The molecule has 0 atom stereocenters. The van der Waals surface area contributed by atoms with E-state index in [0.29, 0.717) is 22.0 Å². The van der Waals surface area contributed by atoms with E-state index in [1.165, 1.54) is 0 Å². The van der Waals surface area contributed by atoms with Gasteiger partial charge in [0.25, 0.3) is 5.56 Å². The number of H-pyrrole nitrogens is 1. The van der Waals surface area contributed by atoms with Gasteiger partial charge in [-0.25, -0.2) is 9.59 Å². The van der Waals surface area contributed by atoms with Crippen LogP contribution in [0.1, 0.15) is 17.3 Å². The molecule has 0 spiro atoms. The monoisotopic (exact) mass is 407 g/mol. The zero-order valence-electron chi connectivity index (χ0n) is 15.9. The van der Waals surface area contributed by atoms with Crippen molar-refractivity contribution in [3.63, 3.8) is 0 Å². The van der Waals surface area contributed by atoms with Crippen molar-refractivity contribution in [3.05, 3.63) is 64.4 Å². The van der Waals surface area contributed by atoms with E-state index in [2.05, 4.69) is 4.98 Å². The van der Waals surface area contributed by atoms with Crippen LogP contribution in [-0.2, 0) is 9.53 Å². The van der Waals surface area contributed by atoms with Crippen molar-refractivity contribution in [1.82, 2.24) is 4.98 Å². The fourth-order valence-corrected chi connectivity index (χ4v) is 3.34.